The molecule has 2 aromatic rings. The van der Waals surface area contributed by atoms with E-state index in [0.29, 0.717) is 25.5 Å². The second-order valence-corrected chi connectivity index (χ2v) is 6.42. The standard InChI is InChI=1S/C13H12Cl2N2O2S/c14-11-5-9(12(15)20-11)13(19)17-6-10(18)7-1-3-8(16)4-2-7/h1-5,10,18H,6,16H2,(H,17,19). The van der Waals surface area contributed by atoms with E-state index in [2.05, 4.69) is 5.32 Å². The maximum Gasteiger partial charge on any atom is 0.253 e. The van der Waals surface area contributed by atoms with E-state index in [-0.39, 0.29) is 12.5 Å². The van der Waals surface area contributed by atoms with E-state index in [1.807, 2.05) is 0 Å². The van der Waals surface area contributed by atoms with Crippen molar-refractivity contribution in [1.29, 1.82) is 0 Å². The third-order valence-corrected chi connectivity index (χ3v) is 4.17. The van der Waals surface area contributed by atoms with Crippen molar-refractivity contribution in [3.63, 3.8) is 0 Å². The van der Waals surface area contributed by atoms with E-state index in [0.717, 1.165) is 11.3 Å². The minimum atomic E-state index is -0.813. The summed E-state index contributed by atoms with van der Waals surface area (Å²) in [6, 6.07) is 8.30. The van der Waals surface area contributed by atoms with Gasteiger partial charge in [-0.1, -0.05) is 35.3 Å². The second-order valence-electron chi connectivity index (χ2n) is 4.13. The summed E-state index contributed by atoms with van der Waals surface area (Å²) in [5, 5.41) is 12.6. The molecule has 0 saturated heterocycles. The van der Waals surface area contributed by atoms with Gasteiger partial charge in [-0.25, -0.2) is 0 Å². The monoisotopic (exact) mass is 330 g/mol. The molecule has 4 nitrogen and oxygen atoms in total. The van der Waals surface area contributed by atoms with Crippen molar-refractivity contribution < 1.29 is 9.90 Å². The molecule has 0 saturated carbocycles. The van der Waals surface area contributed by atoms with Gasteiger partial charge in [0.1, 0.15) is 4.34 Å². The van der Waals surface area contributed by atoms with Crippen molar-refractivity contribution in [3.05, 3.63) is 50.1 Å². The molecule has 1 aromatic carbocycles. The highest BCUT2D eigenvalue weighted by Crippen LogP contribution is 2.31. The van der Waals surface area contributed by atoms with Crippen LogP contribution in [0.15, 0.2) is 30.3 Å². The van der Waals surface area contributed by atoms with Crippen molar-refractivity contribution in [3.8, 4) is 0 Å². The Morgan fingerprint density at radius 1 is 1.35 bits per heavy atom. The van der Waals surface area contributed by atoms with Crippen LogP contribution >= 0.6 is 34.5 Å². The molecule has 0 spiro atoms. The lowest BCUT2D eigenvalue weighted by Gasteiger charge is -2.12. The molecule has 0 aliphatic heterocycles. The molecule has 4 N–H and O–H groups in total. The Kier molecular flexibility index (Phi) is 4.88. The molecule has 0 radical (unpaired) electrons. The number of halogens is 2. The fourth-order valence-electron chi connectivity index (χ4n) is 1.62. The summed E-state index contributed by atoms with van der Waals surface area (Å²) in [5.41, 5.74) is 7.17. The summed E-state index contributed by atoms with van der Waals surface area (Å²) < 4.78 is 0.772. The molecule has 1 unspecified atom stereocenters. The van der Waals surface area contributed by atoms with Crippen LogP contribution in [0, 0.1) is 0 Å². The van der Waals surface area contributed by atoms with Gasteiger partial charge in [0.2, 0.25) is 0 Å². The maximum atomic E-state index is 11.9. The topological polar surface area (TPSA) is 75.3 Å². The average molecular weight is 331 g/mol. The van der Waals surface area contributed by atoms with Crippen LogP contribution in [0.2, 0.25) is 8.67 Å². The van der Waals surface area contributed by atoms with E-state index >= 15 is 0 Å². The molecular formula is C13H12Cl2N2O2S. The SMILES string of the molecule is Nc1ccc(C(O)CNC(=O)c2cc(Cl)sc2Cl)cc1. The number of benzene rings is 1. The van der Waals surface area contributed by atoms with Crippen LogP contribution in [0.4, 0.5) is 5.69 Å². The Labute approximate surface area is 130 Å². The number of nitrogens with two attached hydrogens (primary N) is 1. The zero-order chi connectivity index (χ0) is 14.7. The van der Waals surface area contributed by atoms with Gasteiger partial charge in [0.25, 0.3) is 5.91 Å². The minimum Gasteiger partial charge on any atom is -0.399 e. The fourth-order valence-corrected chi connectivity index (χ4v) is 3.07. The predicted molar refractivity (Wildman–Crippen MR) is 82.5 cm³/mol. The van der Waals surface area contributed by atoms with E-state index in [4.69, 9.17) is 28.9 Å². The number of amides is 1. The van der Waals surface area contributed by atoms with E-state index in [1.54, 1.807) is 24.3 Å². The number of anilines is 1. The number of nitrogen functional groups attached to an aromatic ring is 1. The molecule has 20 heavy (non-hydrogen) atoms. The number of carbonyl (C=O) groups excluding carboxylic acids is 1. The number of carbonyl (C=O) groups is 1. The first kappa shape index (κ1) is 15.1. The van der Waals surface area contributed by atoms with E-state index in [9.17, 15) is 9.90 Å². The highest BCUT2D eigenvalue weighted by molar-refractivity contribution is 7.20. The molecule has 106 valence electrons. The Morgan fingerprint density at radius 2 is 2.00 bits per heavy atom. The molecule has 7 heteroatoms. The van der Waals surface area contributed by atoms with Crippen LogP contribution in [-0.2, 0) is 0 Å². The van der Waals surface area contributed by atoms with E-state index < -0.39 is 6.10 Å². The summed E-state index contributed by atoms with van der Waals surface area (Å²) in [6.45, 7) is 0.0759. The zero-order valence-electron chi connectivity index (χ0n) is 10.3. The lowest BCUT2D eigenvalue weighted by Crippen LogP contribution is -2.28. The van der Waals surface area contributed by atoms with Crippen LogP contribution in [0.1, 0.15) is 22.0 Å². The van der Waals surface area contributed by atoms with Gasteiger partial charge in [-0.15, -0.1) is 11.3 Å². The third kappa shape index (κ3) is 3.64. The van der Waals surface area contributed by atoms with Gasteiger partial charge in [0.05, 0.1) is 16.0 Å². The van der Waals surface area contributed by atoms with Crippen LogP contribution in [-0.4, -0.2) is 17.6 Å². The maximum absolute atomic E-state index is 11.9. The minimum absolute atomic E-state index is 0.0759. The lowest BCUT2D eigenvalue weighted by atomic mass is 10.1. The van der Waals surface area contributed by atoms with Gasteiger partial charge in [0.15, 0.2) is 0 Å². The van der Waals surface area contributed by atoms with Crippen LogP contribution in [0.3, 0.4) is 0 Å². The molecule has 1 heterocycles. The first-order valence-corrected chi connectivity index (χ1v) is 7.31. The largest absolute Gasteiger partial charge is 0.399 e. The normalized spacial score (nSPS) is 12.2. The summed E-state index contributed by atoms with van der Waals surface area (Å²) in [4.78, 5) is 11.9. The quantitative estimate of drug-likeness (QED) is 0.754. The molecule has 1 amide bonds. The van der Waals surface area contributed by atoms with Crippen LogP contribution in [0.5, 0.6) is 0 Å². The highest BCUT2D eigenvalue weighted by atomic mass is 35.5. The Morgan fingerprint density at radius 3 is 2.55 bits per heavy atom. The molecule has 0 aliphatic rings. The van der Waals surface area contributed by atoms with Crippen molar-refractivity contribution in [2.24, 2.45) is 0 Å². The summed E-state index contributed by atoms with van der Waals surface area (Å²) in [5.74, 6) is -0.368. The van der Waals surface area contributed by atoms with Crippen molar-refractivity contribution in [2.75, 3.05) is 12.3 Å². The van der Waals surface area contributed by atoms with Crippen molar-refractivity contribution in [1.82, 2.24) is 5.32 Å². The van der Waals surface area contributed by atoms with Crippen LogP contribution < -0.4 is 11.1 Å². The summed E-state index contributed by atoms with van der Waals surface area (Å²) in [7, 11) is 0. The van der Waals surface area contributed by atoms with Crippen molar-refractivity contribution >= 4 is 46.1 Å². The summed E-state index contributed by atoms with van der Waals surface area (Å²) in [6.07, 6.45) is -0.813. The molecule has 1 atom stereocenters. The number of aliphatic hydroxyl groups is 1. The molecule has 0 bridgehead atoms. The van der Waals surface area contributed by atoms with Crippen molar-refractivity contribution in [2.45, 2.75) is 6.10 Å². The number of rotatable bonds is 4. The molecular weight excluding hydrogens is 319 g/mol. The number of aliphatic hydroxyl groups excluding tert-OH is 1. The second kappa shape index (κ2) is 6.45. The average Bonchev–Trinajstić information content (AvgIpc) is 2.75. The Balaban J connectivity index is 1.96. The number of hydrogen-bond acceptors (Lipinski definition) is 4. The van der Waals surface area contributed by atoms with Gasteiger partial charge in [-0.3, -0.25) is 4.79 Å². The first-order chi connectivity index (χ1) is 9.47. The predicted octanol–water partition coefficient (Wildman–Crippen LogP) is 3.10. The molecule has 1 aromatic heterocycles. The van der Waals surface area contributed by atoms with E-state index in [1.165, 1.54) is 6.07 Å². The lowest BCUT2D eigenvalue weighted by molar-refractivity contribution is 0.0917. The van der Waals surface area contributed by atoms with Gasteiger partial charge >= 0.3 is 0 Å². The number of nitrogens with one attached hydrogen (secondary N) is 1. The van der Waals surface area contributed by atoms with Crippen LogP contribution in [0.25, 0.3) is 0 Å². The Bertz CT molecular complexity index is 613. The Hall–Kier alpha value is -1.27. The number of hydrogen-bond donors (Lipinski definition) is 3. The molecule has 0 aliphatic carbocycles. The van der Waals surface area contributed by atoms with Gasteiger partial charge in [-0.05, 0) is 23.8 Å². The highest BCUT2D eigenvalue weighted by Gasteiger charge is 2.15. The van der Waals surface area contributed by atoms with Gasteiger partial charge in [0, 0.05) is 12.2 Å². The zero-order valence-corrected chi connectivity index (χ0v) is 12.6. The first-order valence-electron chi connectivity index (χ1n) is 5.74. The molecule has 0 fully saturated rings. The van der Waals surface area contributed by atoms with Gasteiger partial charge in [-0.2, -0.15) is 0 Å². The molecule has 2 rings (SSSR count). The fraction of sp³-hybridized carbons (Fsp3) is 0.154. The number of thiophene rings is 1. The third-order valence-electron chi connectivity index (χ3n) is 2.68. The summed E-state index contributed by atoms with van der Waals surface area (Å²) >= 11 is 12.8. The smallest absolute Gasteiger partial charge is 0.253 e. The van der Waals surface area contributed by atoms with Gasteiger partial charge < -0.3 is 16.2 Å².